The highest BCUT2D eigenvalue weighted by molar-refractivity contribution is 5.99. The summed E-state index contributed by atoms with van der Waals surface area (Å²) in [6.45, 7) is 5.77. The zero-order valence-electron chi connectivity index (χ0n) is 15.0. The monoisotopic (exact) mass is 350 g/mol. The molecule has 1 fully saturated rings. The van der Waals surface area contributed by atoms with E-state index in [1.54, 1.807) is 6.07 Å². The largest absolute Gasteiger partial charge is 0.366 e. The molecule has 1 aliphatic rings. The molecule has 0 unspecified atom stereocenters. The van der Waals surface area contributed by atoms with Gasteiger partial charge in [0.05, 0.1) is 17.0 Å². The van der Waals surface area contributed by atoms with Crippen molar-refractivity contribution in [2.45, 2.75) is 6.92 Å². The summed E-state index contributed by atoms with van der Waals surface area (Å²) >= 11 is 0. The highest BCUT2D eigenvalue weighted by Gasteiger charge is 2.19. The summed E-state index contributed by atoms with van der Waals surface area (Å²) in [6.07, 6.45) is 3.89. The number of aromatic nitrogens is 3. The van der Waals surface area contributed by atoms with Gasteiger partial charge in [0.25, 0.3) is 5.91 Å². The van der Waals surface area contributed by atoms with E-state index in [1.165, 1.54) is 0 Å². The van der Waals surface area contributed by atoms with Gasteiger partial charge >= 0.3 is 0 Å². The number of likely N-dealkylation sites (N-methyl/N-ethyl adjacent to an activating group) is 1. The molecule has 0 aliphatic carbocycles. The van der Waals surface area contributed by atoms with E-state index in [1.807, 2.05) is 41.9 Å². The molecule has 3 aromatic rings. The molecule has 1 saturated heterocycles. The third kappa shape index (κ3) is 3.01. The standard InChI is InChI=1S/C19H22N6O/c1-13-11-25-12-14(3-5-16(25)21-13)18-15(19(20)26)4-6-17(22-18)24-9-7-23(2)8-10-24/h3-6,11-12H,7-10H2,1-2H3,(H2,20,26). The fourth-order valence-electron chi connectivity index (χ4n) is 3.34. The van der Waals surface area contributed by atoms with E-state index in [2.05, 4.69) is 21.8 Å². The first kappa shape index (κ1) is 16.5. The lowest BCUT2D eigenvalue weighted by Crippen LogP contribution is -2.44. The Hall–Kier alpha value is -2.93. The lowest BCUT2D eigenvalue weighted by atomic mass is 10.1. The smallest absolute Gasteiger partial charge is 0.250 e. The fourth-order valence-corrected chi connectivity index (χ4v) is 3.34. The van der Waals surface area contributed by atoms with Gasteiger partial charge in [-0.2, -0.15) is 0 Å². The molecule has 0 saturated carbocycles. The summed E-state index contributed by atoms with van der Waals surface area (Å²) in [6, 6.07) is 7.53. The van der Waals surface area contributed by atoms with E-state index in [9.17, 15) is 4.79 Å². The van der Waals surface area contributed by atoms with Gasteiger partial charge in [-0.25, -0.2) is 9.97 Å². The van der Waals surface area contributed by atoms with Crippen LogP contribution in [0.1, 0.15) is 16.1 Å². The van der Waals surface area contributed by atoms with Crippen molar-refractivity contribution < 1.29 is 4.79 Å². The van der Waals surface area contributed by atoms with Crippen LogP contribution in [0.2, 0.25) is 0 Å². The molecule has 1 amide bonds. The second kappa shape index (κ2) is 6.42. The highest BCUT2D eigenvalue weighted by atomic mass is 16.1. The Labute approximate surface area is 152 Å². The van der Waals surface area contributed by atoms with Crippen LogP contribution in [0.15, 0.2) is 36.7 Å². The Bertz CT molecular complexity index is 971. The average molecular weight is 350 g/mol. The maximum atomic E-state index is 11.9. The summed E-state index contributed by atoms with van der Waals surface area (Å²) in [5.41, 5.74) is 9.29. The number of piperazine rings is 1. The molecule has 7 nitrogen and oxygen atoms in total. The highest BCUT2D eigenvalue weighted by Crippen LogP contribution is 2.26. The molecule has 0 aromatic carbocycles. The van der Waals surface area contributed by atoms with Crippen molar-refractivity contribution >= 4 is 17.4 Å². The van der Waals surface area contributed by atoms with Crippen molar-refractivity contribution in [2.24, 2.45) is 5.73 Å². The Balaban J connectivity index is 1.78. The van der Waals surface area contributed by atoms with Crippen LogP contribution in [-0.4, -0.2) is 58.4 Å². The number of nitrogens with two attached hydrogens (primary N) is 1. The number of amides is 1. The van der Waals surface area contributed by atoms with Crippen molar-refractivity contribution in [1.29, 1.82) is 0 Å². The van der Waals surface area contributed by atoms with E-state index < -0.39 is 5.91 Å². The summed E-state index contributed by atoms with van der Waals surface area (Å²) in [5.74, 6) is 0.402. The third-order valence-electron chi connectivity index (χ3n) is 4.82. The van der Waals surface area contributed by atoms with Crippen LogP contribution in [0.25, 0.3) is 16.9 Å². The molecule has 26 heavy (non-hydrogen) atoms. The second-order valence-corrected chi connectivity index (χ2v) is 6.79. The maximum absolute atomic E-state index is 11.9. The number of hydrogen-bond donors (Lipinski definition) is 1. The molecule has 3 aromatic heterocycles. The topological polar surface area (TPSA) is 79.8 Å². The lowest BCUT2D eigenvalue weighted by Gasteiger charge is -2.33. The zero-order valence-corrected chi connectivity index (χ0v) is 15.0. The maximum Gasteiger partial charge on any atom is 0.250 e. The van der Waals surface area contributed by atoms with Gasteiger partial charge in [-0.05, 0) is 38.2 Å². The molecule has 0 radical (unpaired) electrons. The number of fused-ring (bicyclic) bond motifs is 1. The minimum absolute atomic E-state index is 0.430. The minimum atomic E-state index is -0.473. The predicted molar refractivity (Wildman–Crippen MR) is 101 cm³/mol. The van der Waals surface area contributed by atoms with Crippen molar-refractivity contribution in [3.63, 3.8) is 0 Å². The molecule has 0 bridgehead atoms. The van der Waals surface area contributed by atoms with Crippen LogP contribution < -0.4 is 10.6 Å². The van der Waals surface area contributed by atoms with Crippen LogP contribution in [0, 0.1) is 6.92 Å². The molecule has 2 N–H and O–H groups in total. The summed E-state index contributed by atoms with van der Waals surface area (Å²) in [5, 5.41) is 0. The Morgan fingerprint density at radius 1 is 1.04 bits per heavy atom. The van der Waals surface area contributed by atoms with Crippen LogP contribution in [-0.2, 0) is 0 Å². The Kier molecular flexibility index (Phi) is 4.08. The zero-order chi connectivity index (χ0) is 18.3. The van der Waals surface area contributed by atoms with Gasteiger partial charge in [0.15, 0.2) is 0 Å². The van der Waals surface area contributed by atoms with Gasteiger partial charge in [-0.3, -0.25) is 4.79 Å². The van der Waals surface area contributed by atoms with Gasteiger partial charge < -0.3 is 19.9 Å². The Morgan fingerprint density at radius 2 is 1.81 bits per heavy atom. The lowest BCUT2D eigenvalue weighted by molar-refractivity contribution is 0.100. The minimum Gasteiger partial charge on any atom is -0.366 e. The van der Waals surface area contributed by atoms with Crippen LogP contribution in [0.5, 0.6) is 0 Å². The van der Waals surface area contributed by atoms with E-state index in [4.69, 9.17) is 10.7 Å². The number of pyridine rings is 2. The molecule has 4 rings (SSSR count). The molecule has 1 aliphatic heterocycles. The molecular weight excluding hydrogens is 328 g/mol. The number of nitrogens with zero attached hydrogens (tertiary/aromatic N) is 5. The summed E-state index contributed by atoms with van der Waals surface area (Å²) in [7, 11) is 2.12. The second-order valence-electron chi connectivity index (χ2n) is 6.79. The van der Waals surface area contributed by atoms with Gasteiger partial charge in [0, 0.05) is 44.1 Å². The van der Waals surface area contributed by atoms with Crippen molar-refractivity contribution in [3.05, 3.63) is 47.9 Å². The van der Waals surface area contributed by atoms with Gasteiger partial charge in [-0.1, -0.05) is 0 Å². The Morgan fingerprint density at radius 3 is 2.54 bits per heavy atom. The number of rotatable bonds is 3. The quantitative estimate of drug-likeness (QED) is 0.775. The number of carbonyl (C=O) groups is 1. The number of imidazole rings is 1. The van der Waals surface area contributed by atoms with E-state index >= 15 is 0 Å². The number of primary amides is 1. The van der Waals surface area contributed by atoms with Crippen LogP contribution >= 0.6 is 0 Å². The predicted octanol–water partition coefficient (Wildman–Crippen LogP) is 1.56. The van der Waals surface area contributed by atoms with Crippen molar-refractivity contribution in [1.82, 2.24) is 19.3 Å². The molecule has 7 heteroatoms. The molecule has 4 heterocycles. The van der Waals surface area contributed by atoms with Crippen molar-refractivity contribution in [3.8, 4) is 11.3 Å². The van der Waals surface area contributed by atoms with Gasteiger partial charge in [-0.15, -0.1) is 0 Å². The summed E-state index contributed by atoms with van der Waals surface area (Å²) in [4.78, 5) is 25.7. The molecule has 134 valence electrons. The third-order valence-corrected chi connectivity index (χ3v) is 4.82. The number of aryl methyl sites for hydroxylation is 1. The normalized spacial score (nSPS) is 15.5. The molecular formula is C19H22N6O. The van der Waals surface area contributed by atoms with E-state index in [0.29, 0.717) is 11.3 Å². The fraction of sp³-hybridized carbons (Fsp3) is 0.316. The SMILES string of the molecule is Cc1cn2cc(-c3nc(N4CCN(C)CC4)ccc3C(N)=O)ccc2n1. The van der Waals surface area contributed by atoms with Gasteiger partial charge in [0.2, 0.25) is 0 Å². The first-order valence-corrected chi connectivity index (χ1v) is 8.71. The van der Waals surface area contributed by atoms with E-state index in [0.717, 1.165) is 48.9 Å². The van der Waals surface area contributed by atoms with Gasteiger partial charge in [0.1, 0.15) is 11.5 Å². The molecule has 0 spiro atoms. The average Bonchev–Trinajstić information content (AvgIpc) is 3.01. The van der Waals surface area contributed by atoms with Crippen LogP contribution in [0.3, 0.4) is 0 Å². The van der Waals surface area contributed by atoms with Crippen molar-refractivity contribution in [2.75, 3.05) is 38.1 Å². The number of anilines is 1. The number of carbonyl (C=O) groups excluding carboxylic acids is 1. The summed E-state index contributed by atoms with van der Waals surface area (Å²) < 4.78 is 1.94. The first-order valence-electron chi connectivity index (χ1n) is 8.71. The first-order chi connectivity index (χ1) is 12.5. The number of hydrogen-bond acceptors (Lipinski definition) is 5. The molecule has 0 atom stereocenters. The van der Waals surface area contributed by atoms with Crippen LogP contribution in [0.4, 0.5) is 5.82 Å². The van der Waals surface area contributed by atoms with E-state index in [-0.39, 0.29) is 0 Å².